The molecule has 0 saturated heterocycles. The lowest BCUT2D eigenvalue weighted by Gasteiger charge is -2.22. The van der Waals surface area contributed by atoms with Gasteiger partial charge >= 0.3 is 0 Å². The van der Waals surface area contributed by atoms with Gasteiger partial charge in [0.05, 0.1) is 0 Å². The van der Waals surface area contributed by atoms with Crippen molar-refractivity contribution in [2.75, 3.05) is 0 Å². The molecule has 0 aliphatic rings. The molecule has 0 N–H and O–H groups in total. The Labute approximate surface area is 101 Å². The largest absolute Gasteiger partial charge is 0.0648 e. The summed E-state index contributed by atoms with van der Waals surface area (Å²) in [6.45, 7) is 11.4. The van der Waals surface area contributed by atoms with Crippen molar-refractivity contribution in [2.24, 2.45) is 5.41 Å². The summed E-state index contributed by atoms with van der Waals surface area (Å²) in [5, 5.41) is 0. The standard InChI is InChI=1S/C16H26/c1-6-14(11-12-16(3,4)5)15-9-7-13(2)8-10-15/h7-10,14H,6,11-12H2,1-5H3. The van der Waals surface area contributed by atoms with Crippen molar-refractivity contribution in [3.63, 3.8) is 0 Å². The first-order valence-corrected chi connectivity index (χ1v) is 6.49. The van der Waals surface area contributed by atoms with Crippen molar-refractivity contribution < 1.29 is 0 Å². The van der Waals surface area contributed by atoms with E-state index < -0.39 is 0 Å². The van der Waals surface area contributed by atoms with E-state index in [0.29, 0.717) is 5.41 Å². The molecule has 90 valence electrons. The van der Waals surface area contributed by atoms with Crippen molar-refractivity contribution in [1.29, 1.82) is 0 Å². The van der Waals surface area contributed by atoms with E-state index in [2.05, 4.69) is 58.9 Å². The molecule has 0 heteroatoms. The molecule has 1 aromatic carbocycles. The topological polar surface area (TPSA) is 0 Å². The quantitative estimate of drug-likeness (QED) is 0.642. The van der Waals surface area contributed by atoms with Crippen LogP contribution in [0.1, 0.15) is 64.0 Å². The Morgan fingerprint density at radius 1 is 1.06 bits per heavy atom. The highest BCUT2D eigenvalue weighted by molar-refractivity contribution is 5.24. The van der Waals surface area contributed by atoms with Crippen molar-refractivity contribution in [2.45, 2.75) is 59.8 Å². The average molecular weight is 218 g/mol. The summed E-state index contributed by atoms with van der Waals surface area (Å²) in [6, 6.07) is 9.06. The van der Waals surface area contributed by atoms with E-state index in [-0.39, 0.29) is 0 Å². The van der Waals surface area contributed by atoms with E-state index in [1.165, 1.54) is 30.4 Å². The summed E-state index contributed by atoms with van der Waals surface area (Å²) >= 11 is 0. The van der Waals surface area contributed by atoms with Gasteiger partial charge in [0.1, 0.15) is 0 Å². The molecule has 1 atom stereocenters. The number of hydrogen-bond acceptors (Lipinski definition) is 0. The minimum atomic E-state index is 0.456. The molecule has 0 bridgehead atoms. The molecule has 0 radical (unpaired) electrons. The zero-order valence-corrected chi connectivity index (χ0v) is 11.5. The van der Waals surface area contributed by atoms with E-state index in [1.54, 1.807) is 0 Å². The molecular formula is C16H26. The zero-order chi connectivity index (χ0) is 12.2. The maximum atomic E-state index is 2.33. The number of rotatable bonds is 4. The second-order valence-electron chi connectivity index (χ2n) is 6.12. The Balaban J connectivity index is 2.64. The first-order chi connectivity index (χ1) is 7.42. The van der Waals surface area contributed by atoms with Crippen LogP contribution in [0, 0.1) is 12.3 Å². The second-order valence-corrected chi connectivity index (χ2v) is 6.12. The fourth-order valence-corrected chi connectivity index (χ4v) is 2.05. The van der Waals surface area contributed by atoms with Crippen LogP contribution in [-0.4, -0.2) is 0 Å². The maximum Gasteiger partial charge on any atom is -0.0164 e. The Morgan fingerprint density at radius 2 is 1.62 bits per heavy atom. The minimum absolute atomic E-state index is 0.456. The summed E-state index contributed by atoms with van der Waals surface area (Å²) < 4.78 is 0. The van der Waals surface area contributed by atoms with Crippen LogP contribution < -0.4 is 0 Å². The molecule has 1 unspecified atom stereocenters. The van der Waals surface area contributed by atoms with Crippen LogP contribution in [0.3, 0.4) is 0 Å². The van der Waals surface area contributed by atoms with Crippen molar-refractivity contribution in [1.82, 2.24) is 0 Å². The highest BCUT2D eigenvalue weighted by atomic mass is 14.2. The molecule has 0 saturated carbocycles. The first kappa shape index (κ1) is 13.3. The fraction of sp³-hybridized carbons (Fsp3) is 0.625. The molecule has 0 heterocycles. The third kappa shape index (κ3) is 4.38. The Kier molecular flexibility index (Phi) is 4.58. The lowest BCUT2D eigenvalue weighted by Crippen LogP contribution is -2.08. The molecule has 0 nitrogen and oxygen atoms in total. The molecule has 16 heavy (non-hydrogen) atoms. The van der Waals surface area contributed by atoms with E-state index in [0.717, 1.165) is 5.92 Å². The minimum Gasteiger partial charge on any atom is -0.0648 e. The fourth-order valence-electron chi connectivity index (χ4n) is 2.05. The lowest BCUT2D eigenvalue weighted by molar-refractivity contribution is 0.346. The molecule has 1 rings (SSSR count). The number of aryl methyl sites for hydroxylation is 1. The van der Waals surface area contributed by atoms with E-state index in [1.807, 2.05) is 0 Å². The van der Waals surface area contributed by atoms with Gasteiger partial charge in [-0.3, -0.25) is 0 Å². The summed E-state index contributed by atoms with van der Waals surface area (Å²) in [4.78, 5) is 0. The lowest BCUT2D eigenvalue weighted by atomic mass is 9.83. The summed E-state index contributed by atoms with van der Waals surface area (Å²) in [5.74, 6) is 0.736. The van der Waals surface area contributed by atoms with Crippen LogP contribution >= 0.6 is 0 Å². The molecule has 0 fully saturated rings. The van der Waals surface area contributed by atoms with Crippen molar-refractivity contribution in [3.8, 4) is 0 Å². The van der Waals surface area contributed by atoms with Gasteiger partial charge in [-0.2, -0.15) is 0 Å². The van der Waals surface area contributed by atoms with Crippen LogP contribution in [0.4, 0.5) is 0 Å². The van der Waals surface area contributed by atoms with Gasteiger partial charge in [0, 0.05) is 0 Å². The first-order valence-electron chi connectivity index (χ1n) is 6.49. The molecular weight excluding hydrogens is 192 g/mol. The highest BCUT2D eigenvalue weighted by Crippen LogP contribution is 2.30. The molecule has 1 aromatic rings. The summed E-state index contributed by atoms with van der Waals surface area (Å²) in [7, 11) is 0. The van der Waals surface area contributed by atoms with Crippen molar-refractivity contribution in [3.05, 3.63) is 35.4 Å². The van der Waals surface area contributed by atoms with Gasteiger partial charge in [-0.15, -0.1) is 0 Å². The summed E-state index contributed by atoms with van der Waals surface area (Å²) in [6.07, 6.45) is 3.86. The van der Waals surface area contributed by atoms with Gasteiger partial charge in [0.25, 0.3) is 0 Å². The second kappa shape index (κ2) is 5.52. The maximum absolute atomic E-state index is 2.33. The van der Waals surface area contributed by atoms with Gasteiger partial charge < -0.3 is 0 Å². The van der Waals surface area contributed by atoms with Gasteiger partial charge in [-0.25, -0.2) is 0 Å². The Hall–Kier alpha value is -0.780. The third-order valence-corrected chi connectivity index (χ3v) is 3.28. The number of hydrogen-bond donors (Lipinski definition) is 0. The smallest absolute Gasteiger partial charge is 0.0164 e. The molecule has 0 aliphatic heterocycles. The van der Waals surface area contributed by atoms with Crippen LogP contribution in [0.2, 0.25) is 0 Å². The van der Waals surface area contributed by atoms with Crippen molar-refractivity contribution >= 4 is 0 Å². The van der Waals surface area contributed by atoms with Gasteiger partial charge in [0.15, 0.2) is 0 Å². The van der Waals surface area contributed by atoms with Gasteiger partial charge in [-0.1, -0.05) is 57.5 Å². The Bertz CT molecular complexity index is 300. The predicted molar refractivity (Wildman–Crippen MR) is 72.9 cm³/mol. The SMILES string of the molecule is CCC(CCC(C)(C)C)c1ccc(C)cc1. The van der Waals surface area contributed by atoms with Crippen LogP contribution in [0.15, 0.2) is 24.3 Å². The third-order valence-electron chi connectivity index (χ3n) is 3.28. The van der Waals surface area contributed by atoms with Crippen LogP contribution in [-0.2, 0) is 0 Å². The van der Waals surface area contributed by atoms with E-state index in [4.69, 9.17) is 0 Å². The summed E-state index contributed by atoms with van der Waals surface area (Å²) in [5.41, 5.74) is 3.32. The normalized spacial score (nSPS) is 13.8. The number of benzene rings is 1. The van der Waals surface area contributed by atoms with Gasteiger partial charge in [0.2, 0.25) is 0 Å². The zero-order valence-electron chi connectivity index (χ0n) is 11.5. The van der Waals surface area contributed by atoms with Gasteiger partial charge in [-0.05, 0) is 43.1 Å². The molecule has 0 aliphatic carbocycles. The highest BCUT2D eigenvalue weighted by Gasteiger charge is 2.15. The monoisotopic (exact) mass is 218 g/mol. The molecule has 0 aromatic heterocycles. The molecule has 0 amide bonds. The van der Waals surface area contributed by atoms with Crippen LogP contribution in [0.5, 0.6) is 0 Å². The Morgan fingerprint density at radius 3 is 2.06 bits per heavy atom. The predicted octanol–water partition coefficient (Wildman–Crippen LogP) is 5.31. The van der Waals surface area contributed by atoms with E-state index in [9.17, 15) is 0 Å². The van der Waals surface area contributed by atoms with E-state index >= 15 is 0 Å². The van der Waals surface area contributed by atoms with Crippen LogP contribution in [0.25, 0.3) is 0 Å². The average Bonchev–Trinajstić information content (AvgIpc) is 2.20. The molecule has 0 spiro atoms.